The van der Waals surface area contributed by atoms with Gasteiger partial charge in [0.05, 0.1) is 12.0 Å². The van der Waals surface area contributed by atoms with Gasteiger partial charge in [0.2, 0.25) is 15.9 Å². The smallest absolute Gasteiger partial charge is 0.242 e. The van der Waals surface area contributed by atoms with Gasteiger partial charge in [-0.2, -0.15) is 0 Å². The van der Waals surface area contributed by atoms with E-state index in [2.05, 4.69) is 5.32 Å². The molecule has 2 fully saturated rings. The summed E-state index contributed by atoms with van der Waals surface area (Å²) < 4.78 is 31.2. The van der Waals surface area contributed by atoms with Crippen LogP contribution in [0.25, 0.3) is 0 Å². The van der Waals surface area contributed by atoms with Gasteiger partial charge in [0.25, 0.3) is 0 Å². The van der Waals surface area contributed by atoms with Crippen molar-refractivity contribution in [2.75, 3.05) is 21.2 Å². The van der Waals surface area contributed by atoms with E-state index in [1.54, 1.807) is 19.2 Å². The van der Waals surface area contributed by atoms with E-state index in [9.17, 15) is 13.2 Å². The zero-order valence-corrected chi connectivity index (χ0v) is 16.5. The van der Waals surface area contributed by atoms with Gasteiger partial charge in [-0.3, -0.25) is 4.79 Å². The van der Waals surface area contributed by atoms with Crippen LogP contribution in [0.4, 0.5) is 0 Å². The first-order valence-corrected chi connectivity index (χ1v) is 10.6. The molecule has 2 aliphatic carbocycles. The summed E-state index contributed by atoms with van der Waals surface area (Å²) in [5.74, 6) is 2.08. The van der Waals surface area contributed by atoms with Crippen molar-refractivity contribution in [1.29, 1.82) is 0 Å². The van der Waals surface area contributed by atoms with Crippen molar-refractivity contribution in [3.05, 3.63) is 23.8 Å². The maximum atomic E-state index is 12.4. The van der Waals surface area contributed by atoms with Gasteiger partial charge in [-0.1, -0.05) is 6.42 Å². The summed E-state index contributed by atoms with van der Waals surface area (Å²) in [6, 6.07) is 5.12. The maximum Gasteiger partial charge on any atom is 0.242 e. The first-order valence-electron chi connectivity index (χ1n) is 9.20. The molecule has 144 valence electrons. The quantitative estimate of drug-likeness (QED) is 0.787. The zero-order chi connectivity index (χ0) is 18.9. The number of fused-ring (bicyclic) bond motifs is 2. The van der Waals surface area contributed by atoms with Crippen molar-refractivity contribution in [3.8, 4) is 5.75 Å². The Morgan fingerprint density at radius 3 is 2.62 bits per heavy atom. The lowest BCUT2D eigenvalue weighted by atomic mass is 9.95. The van der Waals surface area contributed by atoms with Crippen LogP contribution in [0.3, 0.4) is 0 Å². The van der Waals surface area contributed by atoms with Crippen LogP contribution >= 0.6 is 0 Å². The van der Waals surface area contributed by atoms with Crippen LogP contribution in [0, 0.1) is 11.8 Å². The summed E-state index contributed by atoms with van der Waals surface area (Å²) in [6.07, 6.45) is 5.68. The Bertz CT molecular complexity index is 776. The minimum Gasteiger partial charge on any atom is -0.496 e. The molecule has 2 saturated carbocycles. The molecule has 2 aliphatic rings. The molecule has 3 rings (SSSR count). The lowest BCUT2D eigenvalue weighted by molar-refractivity contribution is -0.122. The van der Waals surface area contributed by atoms with Crippen molar-refractivity contribution in [1.82, 2.24) is 9.62 Å². The van der Waals surface area contributed by atoms with Gasteiger partial charge in [0, 0.05) is 26.6 Å². The third kappa shape index (κ3) is 3.88. The van der Waals surface area contributed by atoms with Crippen molar-refractivity contribution < 1.29 is 17.9 Å². The average molecular weight is 381 g/mol. The molecule has 0 unspecified atom stereocenters. The summed E-state index contributed by atoms with van der Waals surface area (Å²) in [6.45, 7) is 0. The molecular formula is C19H28N2O4S. The number of benzene rings is 1. The SMILES string of the molecule is COc1ccc(S(=O)(=O)N(C)C)cc1CCC(=O)N[C@@H]1C[C@H]2CC[C@@H]1C2. The Hall–Kier alpha value is -1.60. The van der Waals surface area contributed by atoms with Gasteiger partial charge < -0.3 is 10.1 Å². The fourth-order valence-corrected chi connectivity index (χ4v) is 5.22. The van der Waals surface area contributed by atoms with E-state index in [1.165, 1.54) is 43.7 Å². The molecule has 0 aliphatic heterocycles. The number of hydrogen-bond donors (Lipinski definition) is 1. The highest BCUT2D eigenvalue weighted by molar-refractivity contribution is 7.89. The molecular weight excluding hydrogens is 352 g/mol. The molecule has 26 heavy (non-hydrogen) atoms. The molecule has 6 nitrogen and oxygen atoms in total. The van der Waals surface area contributed by atoms with Gasteiger partial charge in [-0.05, 0) is 61.3 Å². The third-order valence-corrected chi connectivity index (χ3v) is 7.55. The number of ether oxygens (including phenoxy) is 1. The van der Waals surface area contributed by atoms with E-state index in [0.29, 0.717) is 30.6 Å². The van der Waals surface area contributed by atoms with Crippen LogP contribution in [-0.2, 0) is 21.2 Å². The number of rotatable bonds is 7. The molecule has 7 heteroatoms. The highest BCUT2D eigenvalue weighted by Gasteiger charge is 2.39. The second-order valence-corrected chi connectivity index (χ2v) is 9.76. The number of amides is 1. The molecule has 1 N–H and O–H groups in total. The standard InChI is InChI=1S/C19H28N2O4S/c1-21(2)26(23,24)16-7-8-18(25-3)15(12-16)6-9-19(22)20-17-11-13-4-5-14(17)10-13/h7-8,12-14,17H,4-6,9-11H2,1-3H3,(H,20,22)/t13-,14+,17+/m0/s1. The van der Waals surface area contributed by atoms with Gasteiger partial charge in [-0.25, -0.2) is 12.7 Å². The number of nitrogens with zero attached hydrogens (tertiary/aromatic N) is 1. The van der Waals surface area contributed by atoms with Gasteiger partial charge in [0.15, 0.2) is 0 Å². The van der Waals surface area contributed by atoms with E-state index in [-0.39, 0.29) is 10.8 Å². The maximum absolute atomic E-state index is 12.4. The molecule has 0 heterocycles. The van der Waals surface area contributed by atoms with Gasteiger partial charge >= 0.3 is 0 Å². The average Bonchev–Trinajstić information content (AvgIpc) is 3.22. The van der Waals surface area contributed by atoms with E-state index in [1.807, 2.05) is 0 Å². The molecule has 3 atom stereocenters. The summed E-state index contributed by atoms with van der Waals surface area (Å²) in [7, 11) is 1.04. The summed E-state index contributed by atoms with van der Waals surface area (Å²) in [5.41, 5.74) is 0.735. The van der Waals surface area contributed by atoms with Gasteiger partial charge in [0.1, 0.15) is 5.75 Å². The number of nitrogens with one attached hydrogen (secondary N) is 1. The molecule has 1 amide bonds. The number of carbonyl (C=O) groups excluding carboxylic acids is 1. The van der Waals surface area contributed by atoms with E-state index in [0.717, 1.165) is 17.9 Å². The van der Waals surface area contributed by atoms with Crippen molar-refractivity contribution in [2.45, 2.75) is 49.5 Å². The Morgan fingerprint density at radius 2 is 2.04 bits per heavy atom. The van der Waals surface area contributed by atoms with Crippen LogP contribution in [0.5, 0.6) is 5.75 Å². The van der Waals surface area contributed by atoms with Gasteiger partial charge in [-0.15, -0.1) is 0 Å². The molecule has 0 spiro atoms. The number of methoxy groups -OCH3 is 1. The van der Waals surface area contributed by atoms with Crippen LogP contribution in [0.2, 0.25) is 0 Å². The molecule has 0 radical (unpaired) electrons. The second-order valence-electron chi connectivity index (χ2n) is 7.61. The monoisotopic (exact) mass is 380 g/mol. The Kier molecular flexibility index (Phi) is 5.58. The lowest BCUT2D eigenvalue weighted by Crippen LogP contribution is -2.38. The predicted molar refractivity (Wildman–Crippen MR) is 99.6 cm³/mol. The number of sulfonamides is 1. The topological polar surface area (TPSA) is 75.7 Å². The molecule has 0 aromatic heterocycles. The van der Waals surface area contributed by atoms with Crippen LogP contribution in [0.15, 0.2) is 23.1 Å². The fraction of sp³-hybridized carbons (Fsp3) is 0.632. The van der Waals surface area contributed by atoms with E-state index < -0.39 is 10.0 Å². The summed E-state index contributed by atoms with van der Waals surface area (Å²) >= 11 is 0. The number of hydrogen-bond acceptors (Lipinski definition) is 4. The summed E-state index contributed by atoms with van der Waals surface area (Å²) in [4.78, 5) is 12.6. The minimum absolute atomic E-state index is 0.0328. The molecule has 0 saturated heterocycles. The fourth-order valence-electron chi connectivity index (χ4n) is 4.27. The Balaban J connectivity index is 1.65. The molecule has 2 bridgehead atoms. The number of aryl methyl sites for hydroxylation is 1. The van der Waals surface area contributed by atoms with Crippen LogP contribution in [0.1, 0.15) is 37.7 Å². The van der Waals surface area contributed by atoms with Crippen molar-refractivity contribution in [2.24, 2.45) is 11.8 Å². The van der Waals surface area contributed by atoms with Crippen molar-refractivity contribution >= 4 is 15.9 Å². The molecule has 1 aromatic carbocycles. The van der Waals surface area contributed by atoms with Crippen molar-refractivity contribution in [3.63, 3.8) is 0 Å². The van der Waals surface area contributed by atoms with Crippen LogP contribution in [-0.4, -0.2) is 45.9 Å². The minimum atomic E-state index is -3.51. The highest BCUT2D eigenvalue weighted by Crippen LogP contribution is 2.44. The largest absolute Gasteiger partial charge is 0.496 e. The lowest BCUT2D eigenvalue weighted by Gasteiger charge is -2.23. The Morgan fingerprint density at radius 1 is 1.27 bits per heavy atom. The molecule has 1 aromatic rings. The third-order valence-electron chi connectivity index (χ3n) is 5.74. The van der Waals surface area contributed by atoms with E-state index >= 15 is 0 Å². The first kappa shape index (κ1) is 19.2. The van der Waals surface area contributed by atoms with E-state index in [4.69, 9.17) is 4.74 Å². The second kappa shape index (κ2) is 7.56. The summed E-state index contributed by atoms with van der Waals surface area (Å²) in [5, 5.41) is 3.17. The Labute approximate surface area is 156 Å². The zero-order valence-electron chi connectivity index (χ0n) is 15.7. The predicted octanol–water partition coefficient (Wildman–Crippen LogP) is 2.18. The normalized spacial score (nSPS) is 24.8. The van der Waals surface area contributed by atoms with Crippen LogP contribution < -0.4 is 10.1 Å². The number of carbonyl (C=O) groups is 1. The highest BCUT2D eigenvalue weighted by atomic mass is 32.2. The first-order chi connectivity index (χ1) is 12.3.